The number of aryl methyl sites for hydroxylation is 1. The highest BCUT2D eigenvalue weighted by molar-refractivity contribution is 5.79. The number of carbonyl (C=O) groups excluding carboxylic acids is 2. The van der Waals surface area contributed by atoms with E-state index in [0.717, 1.165) is 24.8 Å². The number of carbonyl (C=O) groups is 2. The Labute approximate surface area is 225 Å². The zero-order valence-electron chi connectivity index (χ0n) is 22.6. The van der Waals surface area contributed by atoms with Crippen molar-refractivity contribution in [3.8, 4) is 11.1 Å². The Balaban J connectivity index is 1.17. The molecule has 0 saturated carbocycles. The molecule has 3 aromatic carbocycles. The van der Waals surface area contributed by atoms with Crippen LogP contribution in [0.25, 0.3) is 11.1 Å². The van der Waals surface area contributed by atoms with Crippen molar-refractivity contribution in [2.75, 3.05) is 13.7 Å². The molecule has 2 aliphatic rings. The van der Waals surface area contributed by atoms with Gasteiger partial charge in [-0.1, -0.05) is 66.7 Å². The Bertz CT molecular complexity index is 1300. The summed E-state index contributed by atoms with van der Waals surface area (Å²) >= 11 is 0. The standard InChI is InChI=1S/C32H36N2O4/c1-32(2,3)38-30(35)33-24-16-15-22-17-21(13-14-23(22)18-24)19-34(4)31(36)37-20-29-27-11-7-5-9-25(27)26-10-6-8-12-28(26)29/h5-14,17,24,29H,15-16,18-20H2,1-4H3,(H,33,35). The monoisotopic (exact) mass is 512 g/mol. The molecule has 198 valence electrons. The lowest BCUT2D eigenvalue weighted by molar-refractivity contribution is 0.0500. The maximum atomic E-state index is 12.9. The van der Waals surface area contributed by atoms with Gasteiger partial charge in [-0.05, 0) is 79.0 Å². The Morgan fingerprint density at radius 2 is 1.61 bits per heavy atom. The van der Waals surface area contributed by atoms with Crippen LogP contribution in [0.4, 0.5) is 9.59 Å². The lowest BCUT2D eigenvalue weighted by Crippen LogP contribution is -2.41. The summed E-state index contributed by atoms with van der Waals surface area (Å²) < 4.78 is 11.2. The number of alkyl carbamates (subject to hydrolysis) is 1. The topological polar surface area (TPSA) is 67.9 Å². The van der Waals surface area contributed by atoms with E-state index in [4.69, 9.17) is 9.47 Å². The summed E-state index contributed by atoms with van der Waals surface area (Å²) in [6.45, 7) is 6.38. The smallest absolute Gasteiger partial charge is 0.409 e. The van der Waals surface area contributed by atoms with Crippen molar-refractivity contribution >= 4 is 12.2 Å². The molecule has 2 aliphatic carbocycles. The molecule has 2 amide bonds. The molecule has 1 unspecified atom stereocenters. The van der Waals surface area contributed by atoms with E-state index in [-0.39, 0.29) is 24.1 Å². The van der Waals surface area contributed by atoms with Crippen LogP contribution < -0.4 is 5.32 Å². The minimum atomic E-state index is -0.509. The number of hydrogen-bond donors (Lipinski definition) is 1. The fourth-order valence-electron chi connectivity index (χ4n) is 5.55. The largest absolute Gasteiger partial charge is 0.448 e. The molecule has 1 N–H and O–H groups in total. The van der Waals surface area contributed by atoms with Crippen molar-refractivity contribution in [3.63, 3.8) is 0 Å². The van der Waals surface area contributed by atoms with E-state index in [9.17, 15) is 9.59 Å². The first-order valence-corrected chi connectivity index (χ1v) is 13.3. The predicted molar refractivity (Wildman–Crippen MR) is 148 cm³/mol. The van der Waals surface area contributed by atoms with Gasteiger partial charge in [-0.2, -0.15) is 0 Å². The van der Waals surface area contributed by atoms with Crippen LogP contribution in [0.15, 0.2) is 66.7 Å². The van der Waals surface area contributed by atoms with Gasteiger partial charge in [-0.3, -0.25) is 0 Å². The third-order valence-corrected chi connectivity index (χ3v) is 7.29. The molecular formula is C32H36N2O4. The van der Waals surface area contributed by atoms with Gasteiger partial charge in [-0.15, -0.1) is 0 Å². The second kappa shape index (κ2) is 10.5. The number of nitrogens with zero attached hydrogens (tertiary/aromatic N) is 1. The van der Waals surface area contributed by atoms with Crippen LogP contribution in [0.5, 0.6) is 0 Å². The van der Waals surface area contributed by atoms with Crippen molar-refractivity contribution < 1.29 is 19.1 Å². The van der Waals surface area contributed by atoms with E-state index in [1.54, 1.807) is 11.9 Å². The predicted octanol–water partition coefficient (Wildman–Crippen LogP) is 6.45. The molecule has 6 heteroatoms. The first kappa shape index (κ1) is 25.8. The van der Waals surface area contributed by atoms with Crippen LogP contribution in [0.3, 0.4) is 0 Å². The van der Waals surface area contributed by atoms with Crippen LogP contribution in [0, 0.1) is 0 Å². The van der Waals surface area contributed by atoms with Crippen molar-refractivity contribution in [2.24, 2.45) is 0 Å². The Morgan fingerprint density at radius 3 is 2.26 bits per heavy atom. The quantitative estimate of drug-likeness (QED) is 0.427. The molecule has 0 fully saturated rings. The third kappa shape index (κ3) is 5.69. The zero-order chi connectivity index (χ0) is 26.9. The lowest BCUT2D eigenvalue weighted by Gasteiger charge is -2.28. The molecule has 0 saturated heterocycles. The summed E-state index contributed by atoms with van der Waals surface area (Å²) in [7, 11) is 1.78. The first-order valence-electron chi connectivity index (χ1n) is 13.3. The van der Waals surface area contributed by atoms with Crippen LogP contribution >= 0.6 is 0 Å². The van der Waals surface area contributed by atoms with Gasteiger partial charge in [0.25, 0.3) is 0 Å². The summed E-state index contributed by atoms with van der Waals surface area (Å²) in [4.78, 5) is 26.7. The van der Waals surface area contributed by atoms with Gasteiger partial charge in [0.1, 0.15) is 12.2 Å². The van der Waals surface area contributed by atoms with Gasteiger partial charge in [0.05, 0.1) is 0 Å². The Morgan fingerprint density at radius 1 is 0.947 bits per heavy atom. The number of fused-ring (bicyclic) bond motifs is 4. The number of amides is 2. The summed E-state index contributed by atoms with van der Waals surface area (Å²) in [6.07, 6.45) is 1.81. The average Bonchev–Trinajstić information content (AvgIpc) is 3.20. The zero-order valence-corrected chi connectivity index (χ0v) is 22.6. The van der Waals surface area contributed by atoms with Crippen LogP contribution in [0.1, 0.15) is 60.9 Å². The van der Waals surface area contributed by atoms with E-state index in [2.05, 4.69) is 47.8 Å². The van der Waals surface area contributed by atoms with Crippen LogP contribution in [-0.4, -0.2) is 42.4 Å². The molecule has 1 atom stereocenters. The van der Waals surface area contributed by atoms with Gasteiger partial charge >= 0.3 is 12.2 Å². The molecule has 5 rings (SSSR count). The molecule has 0 aliphatic heterocycles. The van der Waals surface area contributed by atoms with Gasteiger partial charge in [-0.25, -0.2) is 9.59 Å². The van der Waals surface area contributed by atoms with E-state index < -0.39 is 5.60 Å². The molecule has 38 heavy (non-hydrogen) atoms. The van der Waals surface area contributed by atoms with Gasteiger partial charge in [0, 0.05) is 25.6 Å². The number of rotatable bonds is 5. The maximum absolute atomic E-state index is 12.9. The number of hydrogen-bond acceptors (Lipinski definition) is 4. The third-order valence-electron chi connectivity index (χ3n) is 7.29. The second-order valence-electron chi connectivity index (χ2n) is 11.3. The molecule has 0 spiro atoms. The molecule has 0 radical (unpaired) electrons. The highest BCUT2D eigenvalue weighted by atomic mass is 16.6. The van der Waals surface area contributed by atoms with E-state index in [0.29, 0.717) is 13.2 Å². The Hall–Kier alpha value is -3.80. The van der Waals surface area contributed by atoms with E-state index in [1.807, 2.05) is 45.0 Å². The molecule has 0 aromatic heterocycles. The van der Waals surface area contributed by atoms with Crippen molar-refractivity contribution in [1.82, 2.24) is 10.2 Å². The van der Waals surface area contributed by atoms with E-state index >= 15 is 0 Å². The van der Waals surface area contributed by atoms with Crippen LogP contribution in [0.2, 0.25) is 0 Å². The lowest BCUT2D eigenvalue weighted by atomic mass is 9.87. The number of ether oxygens (including phenoxy) is 2. The van der Waals surface area contributed by atoms with Crippen LogP contribution in [-0.2, 0) is 28.9 Å². The van der Waals surface area contributed by atoms with Gasteiger partial charge in [0.15, 0.2) is 0 Å². The normalized spacial score (nSPS) is 16.2. The number of benzene rings is 3. The molecular weight excluding hydrogens is 476 g/mol. The minimum Gasteiger partial charge on any atom is -0.448 e. The fourth-order valence-corrected chi connectivity index (χ4v) is 5.55. The second-order valence-corrected chi connectivity index (χ2v) is 11.3. The van der Waals surface area contributed by atoms with Crippen molar-refractivity contribution in [2.45, 2.75) is 64.1 Å². The summed E-state index contributed by atoms with van der Waals surface area (Å²) in [5.41, 5.74) is 7.90. The summed E-state index contributed by atoms with van der Waals surface area (Å²) in [6, 6.07) is 23.1. The fraction of sp³-hybridized carbons (Fsp3) is 0.375. The first-order chi connectivity index (χ1) is 18.2. The Kier molecular flexibility index (Phi) is 7.15. The average molecular weight is 513 g/mol. The number of nitrogens with one attached hydrogen (secondary N) is 1. The summed E-state index contributed by atoms with van der Waals surface area (Å²) in [5, 5.41) is 3.00. The van der Waals surface area contributed by atoms with Gasteiger partial charge < -0.3 is 19.7 Å². The molecule has 0 heterocycles. The van der Waals surface area contributed by atoms with Crippen molar-refractivity contribution in [3.05, 3.63) is 94.5 Å². The highest BCUT2D eigenvalue weighted by Gasteiger charge is 2.29. The van der Waals surface area contributed by atoms with Crippen molar-refractivity contribution in [1.29, 1.82) is 0 Å². The van der Waals surface area contributed by atoms with Gasteiger partial charge in [0.2, 0.25) is 0 Å². The molecule has 3 aromatic rings. The highest BCUT2D eigenvalue weighted by Crippen LogP contribution is 2.44. The van der Waals surface area contributed by atoms with E-state index in [1.165, 1.54) is 33.4 Å². The maximum Gasteiger partial charge on any atom is 0.409 e. The molecule has 0 bridgehead atoms. The minimum absolute atomic E-state index is 0.0470. The SMILES string of the molecule is CN(Cc1ccc2c(c1)CCC(NC(=O)OC(C)(C)C)C2)C(=O)OCC1c2ccccc2-c2ccccc21. The molecule has 6 nitrogen and oxygen atoms in total. The summed E-state index contributed by atoms with van der Waals surface area (Å²) in [5.74, 6) is 0.0470.